The number of anilines is 2. The molecule has 31 heavy (non-hydrogen) atoms. The Morgan fingerprint density at radius 1 is 1.10 bits per heavy atom. The maximum atomic E-state index is 13.1. The zero-order chi connectivity index (χ0) is 21.4. The van der Waals surface area contributed by atoms with Crippen LogP contribution >= 0.6 is 22.6 Å². The van der Waals surface area contributed by atoms with Gasteiger partial charge in [0.15, 0.2) is 17.3 Å². The number of hydrogen-bond donors (Lipinski definition) is 1. The van der Waals surface area contributed by atoms with Crippen LogP contribution in [0.5, 0.6) is 0 Å². The first-order valence-corrected chi connectivity index (χ1v) is 10.9. The second kappa shape index (κ2) is 8.23. The summed E-state index contributed by atoms with van der Waals surface area (Å²) in [6, 6.07) is 7.50. The van der Waals surface area contributed by atoms with Crippen molar-refractivity contribution in [1.29, 1.82) is 0 Å². The highest BCUT2D eigenvalue weighted by Gasteiger charge is 2.22. The second-order valence-corrected chi connectivity index (χ2v) is 8.57. The van der Waals surface area contributed by atoms with Gasteiger partial charge in [0.2, 0.25) is 0 Å². The number of aromatic nitrogens is 6. The van der Waals surface area contributed by atoms with Gasteiger partial charge in [-0.05, 0) is 47.8 Å². The van der Waals surface area contributed by atoms with E-state index in [-0.39, 0.29) is 5.91 Å². The number of carbonyl (C=O) groups is 1. The van der Waals surface area contributed by atoms with E-state index in [4.69, 9.17) is 5.10 Å². The third-order valence-corrected chi connectivity index (χ3v) is 5.86. The standard InChI is InChI=1S/C20H20IN9O/c1-27-7-9-28(10-8-27)18-11-17(30(26-18)16-4-3-14(21)12-23-16)25-20(31)15-13-24-29-6-2-5-22-19(15)29/h2-6,11-13H,7-10H2,1H3,(H,25,31). The maximum absolute atomic E-state index is 13.1. The Bertz CT molecular complexity index is 1230. The molecule has 0 unspecified atom stereocenters. The van der Waals surface area contributed by atoms with Crippen LogP contribution in [0.2, 0.25) is 0 Å². The van der Waals surface area contributed by atoms with Crippen molar-refractivity contribution in [3.8, 4) is 5.82 Å². The molecule has 1 aliphatic rings. The fraction of sp³-hybridized carbons (Fsp3) is 0.250. The predicted octanol–water partition coefficient (Wildman–Crippen LogP) is 1.92. The van der Waals surface area contributed by atoms with Gasteiger partial charge in [0, 0.05) is 54.4 Å². The molecule has 0 aromatic carbocycles. The molecule has 5 rings (SSSR count). The number of fused-ring (bicyclic) bond motifs is 1. The summed E-state index contributed by atoms with van der Waals surface area (Å²) in [6.45, 7) is 3.67. The molecule has 158 valence electrons. The van der Waals surface area contributed by atoms with Gasteiger partial charge in [-0.25, -0.2) is 14.5 Å². The van der Waals surface area contributed by atoms with Gasteiger partial charge in [0.25, 0.3) is 5.91 Å². The molecule has 0 radical (unpaired) electrons. The minimum Gasteiger partial charge on any atom is -0.353 e. The van der Waals surface area contributed by atoms with Crippen molar-refractivity contribution < 1.29 is 4.79 Å². The molecule has 10 nitrogen and oxygen atoms in total. The number of pyridine rings is 1. The Morgan fingerprint density at radius 3 is 2.71 bits per heavy atom. The number of rotatable bonds is 4. The molecule has 1 aliphatic heterocycles. The predicted molar refractivity (Wildman–Crippen MR) is 125 cm³/mol. The van der Waals surface area contributed by atoms with Crippen molar-refractivity contribution in [2.45, 2.75) is 0 Å². The molecule has 1 saturated heterocycles. The normalized spacial score (nSPS) is 14.8. The van der Waals surface area contributed by atoms with E-state index in [2.05, 4.69) is 59.8 Å². The molecule has 4 aromatic heterocycles. The van der Waals surface area contributed by atoms with Crippen molar-refractivity contribution in [3.63, 3.8) is 0 Å². The van der Waals surface area contributed by atoms with Crippen molar-refractivity contribution >= 4 is 45.8 Å². The van der Waals surface area contributed by atoms with Gasteiger partial charge in [0.1, 0.15) is 11.4 Å². The van der Waals surface area contributed by atoms with Gasteiger partial charge in [-0.15, -0.1) is 5.10 Å². The Hall–Kier alpha value is -3.06. The van der Waals surface area contributed by atoms with Crippen LogP contribution in [-0.2, 0) is 0 Å². The zero-order valence-corrected chi connectivity index (χ0v) is 19.0. The second-order valence-electron chi connectivity index (χ2n) is 7.32. The van der Waals surface area contributed by atoms with E-state index < -0.39 is 0 Å². The summed E-state index contributed by atoms with van der Waals surface area (Å²) in [5, 5.41) is 11.9. The maximum Gasteiger partial charge on any atom is 0.262 e. The number of nitrogens with zero attached hydrogens (tertiary/aromatic N) is 8. The average molecular weight is 529 g/mol. The Labute approximate surface area is 192 Å². The minimum absolute atomic E-state index is 0.301. The largest absolute Gasteiger partial charge is 0.353 e. The zero-order valence-electron chi connectivity index (χ0n) is 16.8. The van der Waals surface area contributed by atoms with Crippen LogP contribution in [0, 0.1) is 3.57 Å². The summed E-state index contributed by atoms with van der Waals surface area (Å²) in [5.74, 6) is 1.68. The number of nitrogens with one attached hydrogen (secondary N) is 1. The minimum atomic E-state index is -0.301. The highest BCUT2D eigenvalue weighted by molar-refractivity contribution is 14.1. The lowest BCUT2D eigenvalue weighted by atomic mass is 10.3. The van der Waals surface area contributed by atoms with Crippen LogP contribution in [0.3, 0.4) is 0 Å². The Balaban J connectivity index is 1.50. The van der Waals surface area contributed by atoms with E-state index in [1.807, 2.05) is 18.2 Å². The lowest BCUT2D eigenvalue weighted by molar-refractivity contribution is 0.102. The molecule has 1 amide bonds. The van der Waals surface area contributed by atoms with Crippen LogP contribution in [0.25, 0.3) is 11.5 Å². The smallest absolute Gasteiger partial charge is 0.262 e. The van der Waals surface area contributed by atoms with Gasteiger partial charge in [0.05, 0.1) is 6.20 Å². The topological polar surface area (TPSA) is 96.5 Å². The highest BCUT2D eigenvalue weighted by atomic mass is 127. The van der Waals surface area contributed by atoms with E-state index in [0.29, 0.717) is 22.8 Å². The molecule has 0 saturated carbocycles. The molecular weight excluding hydrogens is 509 g/mol. The Morgan fingerprint density at radius 2 is 1.94 bits per heavy atom. The number of likely N-dealkylation sites (N-methyl/N-ethyl adjacent to an activating group) is 1. The van der Waals surface area contributed by atoms with E-state index in [0.717, 1.165) is 35.6 Å². The van der Waals surface area contributed by atoms with Crippen LogP contribution in [0.15, 0.2) is 49.1 Å². The van der Waals surface area contributed by atoms with Crippen molar-refractivity contribution in [2.24, 2.45) is 0 Å². The summed E-state index contributed by atoms with van der Waals surface area (Å²) in [5.41, 5.74) is 0.891. The summed E-state index contributed by atoms with van der Waals surface area (Å²) >= 11 is 2.21. The first-order chi connectivity index (χ1) is 15.1. The molecule has 0 aliphatic carbocycles. The van der Waals surface area contributed by atoms with Crippen LogP contribution in [-0.4, -0.2) is 73.4 Å². The van der Waals surface area contributed by atoms with Gasteiger partial charge in [-0.3, -0.25) is 4.79 Å². The van der Waals surface area contributed by atoms with Crippen LogP contribution < -0.4 is 10.2 Å². The average Bonchev–Trinajstić information content (AvgIpc) is 3.39. The fourth-order valence-corrected chi connectivity index (χ4v) is 3.81. The quantitative estimate of drug-likeness (QED) is 0.404. The summed E-state index contributed by atoms with van der Waals surface area (Å²) in [7, 11) is 2.11. The fourth-order valence-electron chi connectivity index (χ4n) is 3.49. The third-order valence-electron chi connectivity index (χ3n) is 5.22. The van der Waals surface area contributed by atoms with E-state index in [1.54, 1.807) is 33.9 Å². The van der Waals surface area contributed by atoms with Crippen molar-refractivity contribution in [1.82, 2.24) is 34.3 Å². The van der Waals surface area contributed by atoms with E-state index in [1.165, 1.54) is 6.20 Å². The molecule has 5 heterocycles. The molecule has 11 heteroatoms. The number of halogens is 1. The summed E-state index contributed by atoms with van der Waals surface area (Å²) in [6.07, 6.45) is 6.68. The monoisotopic (exact) mass is 529 g/mol. The Kier molecular flexibility index (Phi) is 5.28. The molecule has 0 bridgehead atoms. The molecule has 4 aromatic rings. The van der Waals surface area contributed by atoms with E-state index in [9.17, 15) is 4.79 Å². The lowest BCUT2D eigenvalue weighted by Gasteiger charge is -2.32. The lowest BCUT2D eigenvalue weighted by Crippen LogP contribution is -2.44. The summed E-state index contributed by atoms with van der Waals surface area (Å²) in [4.78, 5) is 26.3. The molecule has 0 spiro atoms. The van der Waals surface area contributed by atoms with Crippen LogP contribution in [0.1, 0.15) is 10.4 Å². The van der Waals surface area contributed by atoms with E-state index >= 15 is 0 Å². The molecule has 1 fully saturated rings. The van der Waals surface area contributed by atoms with Gasteiger partial charge in [-0.1, -0.05) is 0 Å². The highest BCUT2D eigenvalue weighted by Crippen LogP contribution is 2.24. The number of hydrogen-bond acceptors (Lipinski definition) is 7. The molecule has 0 atom stereocenters. The van der Waals surface area contributed by atoms with Crippen molar-refractivity contribution in [2.75, 3.05) is 43.4 Å². The summed E-state index contributed by atoms with van der Waals surface area (Å²) < 4.78 is 4.26. The van der Waals surface area contributed by atoms with Crippen LogP contribution in [0.4, 0.5) is 11.6 Å². The first kappa shape index (κ1) is 19.9. The van der Waals surface area contributed by atoms with Gasteiger partial charge >= 0.3 is 0 Å². The number of piperazine rings is 1. The number of carbonyl (C=O) groups excluding carboxylic acids is 1. The van der Waals surface area contributed by atoms with Gasteiger partial charge < -0.3 is 15.1 Å². The first-order valence-electron chi connectivity index (χ1n) is 9.84. The van der Waals surface area contributed by atoms with Gasteiger partial charge in [-0.2, -0.15) is 9.78 Å². The third kappa shape index (κ3) is 3.97. The molecule has 1 N–H and O–H groups in total. The SMILES string of the molecule is CN1CCN(c2cc(NC(=O)c3cnn4cccnc34)n(-c3ccc(I)cn3)n2)CC1. The molecular formula is C20H20IN9O. The van der Waals surface area contributed by atoms with Crippen molar-refractivity contribution in [3.05, 3.63) is 58.2 Å². The number of amides is 1.